The number of nitro groups is 1. The Balaban J connectivity index is 2.29. The number of halogens is 2. The smallest absolute Gasteiger partial charge is 0.271 e. The lowest BCUT2D eigenvalue weighted by atomic mass is 10.1. The lowest BCUT2D eigenvalue weighted by molar-refractivity contribution is -0.384. The maximum atomic E-state index is 11.8. The summed E-state index contributed by atoms with van der Waals surface area (Å²) in [6.07, 6.45) is 0.386. The van der Waals surface area contributed by atoms with Crippen molar-refractivity contribution in [1.29, 1.82) is 0 Å². The number of alkyl halides is 1. The summed E-state index contributed by atoms with van der Waals surface area (Å²) < 4.78 is 0. The Labute approximate surface area is 113 Å². The maximum absolute atomic E-state index is 11.8. The van der Waals surface area contributed by atoms with Crippen molar-refractivity contribution in [2.45, 2.75) is 6.42 Å². The van der Waals surface area contributed by atoms with E-state index in [-0.39, 0.29) is 22.5 Å². The van der Waals surface area contributed by atoms with Gasteiger partial charge in [-0.1, -0.05) is 11.6 Å². The predicted octanol–water partition coefficient (Wildman–Crippen LogP) is 2.84. The van der Waals surface area contributed by atoms with Gasteiger partial charge in [-0.15, -0.1) is 11.6 Å². The fourth-order valence-electron chi connectivity index (χ4n) is 1.95. The number of nitrogens with zero attached hydrogens (tertiary/aromatic N) is 2. The van der Waals surface area contributed by atoms with Crippen molar-refractivity contribution in [2.24, 2.45) is 5.92 Å². The Bertz CT molecular complexity index is 507. The molecule has 1 aromatic carbocycles. The molecule has 0 bridgehead atoms. The summed E-state index contributed by atoms with van der Waals surface area (Å²) in [5, 5.41) is 10.8. The number of nitro benzene ring substituents is 1. The second-order valence-electron chi connectivity index (χ2n) is 4.12. The van der Waals surface area contributed by atoms with Crippen LogP contribution in [0.15, 0.2) is 18.2 Å². The van der Waals surface area contributed by atoms with Crippen LogP contribution >= 0.6 is 23.2 Å². The van der Waals surface area contributed by atoms with Crippen LogP contribution < -0.4 is 4.90 Å². The first-order valence-corrected chi connectivity index (χ1v) is 6.24. The Morgan fingerprint density at radius 1 is 1.50 bits per heavy atom. The van der Waals surface area contributed by atoms with Crippen molar-refractivity contribution >= 4 is 40.5 Å². The molecule has 0 N–H and O–H groups in total. The van der Waals surface area contributed by atoms with Gasteiger partial charge in [-0.2, -0.15) is 0 Å². The Kier molecular flexibility index (Phi) is 3.73. The van der Waals surface area contributed by atoms with E-state index in [0.717, 1.165) is 0 Å². The van der Waals surface area contributed by atoms with Crippen LogP contribution in [0.5, 0.6) is 0 Å². The van der Waals surface area contributed by atoms with Crippen molar-refractivity contribution in [2.75, 3.05) is 17.3 Å². The molecule has 1 aliphatic rings. The van der Waals surface area contributed by atoms with E-state index in [1.807, 2.05) is 0 Å². The number of non-ortho nitro benzene ring substituents is 1. The molecule has 0 aliphatic carbocycles. The summed E-state index contributed by atoms with van der Waals surface area (Å²) in [6, 6.07) is 4.08. The molecule has 2 rings (SSSR count). The number of rotatable bonds is 3. The van der Waals surface area contributed by atoms with Gasteiger partial charge in [-0.25, -0.2) is 0 Å². The topological polar surface area (TPSA) is 63.5 Å². The van der Waals surface area contributed by atoms with E-state index in [1.165, 1.54) is 23.1 Å². The minimum Gasteiger partial charge on any atom is -0.311 e. The fourth-order valence-corrected chi connectivity index (χ4v) is 2.43. The molecule has 0 radical (unpaired) electrons. The maximum Gasteiger partial charge on any atom is 0.271 e. The highest BCUT2D eigenvalue weighted by molar-refractivity contribution is 6.34. The van der Waals surface area contributed by atoms with Gasteiger partial charge in [-0.05, 0) is 12.0 Å². The van der Waals surface area contributed by atoms with Crippen molar-refractivity contribution in [3.63, 3.8) is 0 Å². The van der Waals surface area contributed by atoms with Gasteiger partial charge in [0.1, 0.15) is 0 Å². The van der Waals surface area contributed by atoms with Crippen LogP contribution in [0.3, 0.4) is 0 Å². The summed E-state index contributed by atoms with van der Waals surface area (Å²) in [4.78, 5) is 23.4. The van der Waals surface area contributed by atoms with E-state index in [4.69, 9.17) is 23.2 Å². The minimum absolute atomic E-state index is 0.0589. The number of hydrogen-bond acceptors (Lipinski definition) is 3. The van der Waals surface area contributed by atoms with Crippen LogP contribution in [0.4, 0.5) is 11.4 Å². The minimum atomic E-state index is -0.525. The number of anilines is 1. The van der Waals surface area contributed by atoms with Crippen molar-refractivity contribution < 1.29 is 9.72 Å². The molecule has 18 heavy (non-hydrogen) atoms. The molecule has 96 valence electrons. The third-order valence-corrected chi connectivity index (χ3v) is 3.60. The van der Waals surface area contributed by atoms with E-state index >= 15 is 0 Å². The molecular weight excluding hydrogens is 279 g/mol. The fraction of sp³-hybridized carbons (Fsp3) is 0.364. The van der Waals surface area contributed by atoms with E-state index in [2.05, 4.69) is 0 Å². The average Bonchev–Trinajstić information content (AvgIpc) is 2.70. The standard InChI is InChI=1S/C11H10Cl2N2O3/c12-5-7-3-11(16)14(6-7)10-2-1-8(15(17)18)4-9(10)13/h1-2,4,7H,3,5-6H2. The summed E-state index contributed by atoms with van der Waals surface area (Å²) in [5.74, 6) is 0.453. The van der Waals surface area contributed by atoms with E-state index in [0.29, 0.717) is 24.5 Å². The van der Waals surface area contributed by atoms with E-state index in [1.54, 1.807) is 0 Å². The van der Waals surface area contributed by atoms with Gasteiger partial charge < -0.3 is 4.90 Å². The van der Waals surface area contributed by atoms with Crippen LogP contribution in [0.25, 0.3) is 0 Å². The normalized spacial score (nSPS) is 19.3. The number of hydrogen-bond donors (Lipinski definition) is 0. The first kappa shape index (κ1) is 13.1. The molecule has 1 heterocycles. The Morgan fingerprint density at radius 3 is 2.72 bits per heavy atom. The molecule has 1 amide bonds. The summed E-state index contributed by atoms with van der Waals surface area (Å²) >= 11 is 11.7. The molecule has 1 aliphatic heterocycles. The SMILES string of the molecule is O=C1CC(CCl)CN1c1ccc([N+](=O)[O-])cc1Cl. The van der Waals surface area contributed by atoms with E-state index in [9.17, 15) is 14.9 Å². The van der Waals surface area contributed by atoms with Crippen LogP contribution in [0, 0.1) is 16.0 Å². The summed E-state index contributed by atoms with van der Waals surface area (Å²) in [7, 11) is 0. The molecule has 1 atom stereocenters. The van der Waals surface area contributed by atoms with E-state index < -0.39 is 4.92 Å². The van der Waals surface area contributed by atoms with Crippen LogP contribution in [0.2, 0.25) is 5.02 Å². The van der Waals surface area contributed by atoms with Gasteiger partial charge >= 0.3 is 0 Å². The third-order valence-electron chi connectivity index (χ3n) is 2.86. The molecule has 0 saturated carbocycles. The van der Waals surface area contributed by atoms with Crippen LogP contribution in [-0.4, -0.2) is 23.3 Å². The van der Waals surface area contributed by atoms with Gasteiger partial charge in [0.25, 0.3) is 5.69 Å². The molecule has 1 fully saturated rings. The van der Waals surface area contributed by atoms with Crippen molar-refractivity contribution in [1.82, 2.24) is 0 Å². The third kappa shape index (κ3) is 2.42. The molecular formula is C11H10Cl2N2O3. The Morgan fingerprint density at radius 2 is 2.22 bits per heavy atom. The molecule has 0 aromatic heterocycles. The molecule has 1 saturated heterocycles. The highest BCUT2D eigenvalue weighted by atomic mass is 35.5. The average molecular weight is 289 g/mol. The van der Waals surface area contributed by atoms with Crippen LogP contribution in [-0.2, 0) is 4.79 Å². The number of amides is 1. The second kappa shape index (κ2) is 5.12. The van der Waals surface area contributed by atoms with Crippen molar-refractivity contribution in [3.8, 4) is 0 Å². The zero-order valence-electron chi connectivity index (χ0n) is 9.31. The zero-order chi connectivity index (χ0) is 13.3. The summed E-state index contributed by atoms with van der Waals surface area (Å²) in [6.45, 7) is 0.500. The number of carbonyl (C=O) groups is 1. The quantitative estimate of drug-likeness (QED) is 0.488. The molecule has 7 heteroatoms. The number of benzene rings is 1. The highest BCUT2D eigenvalue weighted by Gasteiger charge is 2.31. The zero-order valence-corrected chi connectivity index (χ0v) is 10.8. The largest absolute Gasteiger partial charge is 0.311 e. The second-order valence-corrected chi connectivity index (χ2v) is 4.84. The first-order valence-electron chi connectivity index (χ1n) is 5.33. The molecule has 1 aromatic rings. The lowest BCUT2D eigenvalue weighted by Crippen LogP contribution is -2.24. The lowest BCUT2D eigenvalue weighted by Gasteiger charge is -2.17. The molecule has 1 unspecified atom stereocenters. The van der Waals surface area contributed by atoms with Crippen molar-refractivity contribution in [3.05, 3.63) is 33.3 Å². The van der Waals surface area contributed by atoms with Gasteiger partial charge in [-0.3, -0.25) is 14.9 Å². The Hall–Kier alpha value is -1.33. The van der Waals surface area contributed by atoms with Gasteiger partial charge in [0.2, 0.25) is 5.91 Å². The molecule has 5 nitrogen and oxygen atoms in total. The highest BCUT2D eigenvalue weighted by Crippen LogP contribution is 2.33. The van der Waals surface area contributed by atoms with Gasteiger partial charge in [0.05, 0.1) is 15.6 Å². The number of carbonyl (C=O) groups excluding carboxylic acids is 1. The monoisotopic (exact) mass is 288 g/mol. The van der Waals surface area contributed by atoms with Crippen LogP contribution in [0.1, 0.15) is 6.42 Å². The van der Waals surface area contributed by atoms with Gasteiger partial charge in [0, 0.05) is 31.0 Å². The summed E-state index contributed by atoms with van der Waals surface area (Å²) in [5.41, 5.74) is 0.407. The molecule has 0 spiro atoms. The first-order chi connectivity index (χ1) is 8.52. The van der Waals surface area contributed by atoms with Gasteiger partial charge in [0.15, 0.2) is 0 Å². The predicted molar refractivity (Wildman–Crippen MR) is 69.3 cm³/mol.